The standard InChI is InChI=1S/C4H4S.C2H3N3.ClH/c2*1-2-4-5-3-1;/h1-4H;1-2H,(H,3,4,5);1H. The number of hydrogen-bond donors (Lipinski definition) is 1. The third-order valence-electron chi connectivity index (χ3n) is 0.757. The second kappa shape index (κ2) is 7.24. The van der Waals surface area contributed by atoms with E-state index in [1.165, 1.54) is 0 Å². The SMILES string of the molecule is Cl.c1c[nH]nn1.c1ccsc1. The summed E-state index contributed by atoms with van der Waals surface area (Å²) in [6.07, 6.45) is 3.24. The van der Waals surface area contributed by atoms with Gasteiger partial charge in [-0.05, 0) is 10.8 Å². The summed E-state index contributed by atoms with van der Waals surface area (Å²) in [4.78, 5) is 0. The fourth-order valence-electron chi connectivity index (χ4n) is 0.393. The zero-order valence-electron chi connectivity index (χ0n) is 5.68. The van der Waals surface area contributed by atoms with Gasteiger partial charge in [0.2, 0.25) is 0 Å². The lowest BCUT2D eigenvalue weighted by Gasteiger charge is -1.46. The molecule has 0 aliphatic carbocycles. The molecule has 2 heterocycles. The van der Waals surface area contributed by atoms with Crippen molar-refractivity contribution in [3.05, 3.63) is 35.3 Å². The second-order valence-electron chi connectivity index (χ2n) is 1.45. The number of thiophene rings is 1. The molecule has 0 aromatic carbocycles. The Morgan fingerprint density at radius 3 is 2.09 bits per heavy atom. The lowest BCUT2D eigenvalue weighted by atomic mass is 10.7. The normalized spacial score (nSPS) is 7.27. The van der Waals surface area contributed by atoms with Gasteiger partial charge in [-0.3, -0.25) is 5.10 Å². The van der Waals surface area contributed by atoms with Crippen LogP contribution < -0.4 is 0 Å². The van der Waals surface area contributed by atoms with E-state index in [1.54, 1.807) is 23.7 Å². The summed E-state index contributed by atoms with van der Waals surface area (Å²) in [5.74, 6) is 0. The van der Waals surface area contributed by atoms with Crippen LogP contribution in [0.5, 0.6) is 0 Å². The van der Waals surface area contributed by atoms with Crippen molar-refractivity contribution in [1.82, 2.24) is 15.4 Å². The molecule has 1 N–H and O–H groups in total. The van der Waals surface area contributed by atoms with E-state index in [1.807, 2.05) is 22.9 Å². The molecular weight excluding hydrogens is 182 g/mol. The van der Waals surface area contributed by atoms with Crippen LogP contribution in [0.3, 0.4) is 0 Å². The number of aromatic nitrogens is 3. The number of halogens is 1. The van der Waals surface area contributed by atoms with Gasteiger partial charge in [-0.25, -0.2) is 0 Å². The van der Waals surface area contributed by atoms with Gasteiger partial charge in [0.25, 0.3) is 0 Å². The molecule has 2 aromatic heterocycles. The number of nitrogens with zero attached hydrogens (tertiary/aromatic N) is 2. The monoisotopic (exact) mass is 189 g/mol. The fourth-order valence-corrected chi connectivity index (χ4v) is 0.847. The maximum atomic E-state index is 3.42. The highest BCUT2D eigenvalue weighted by Gasteiger charge is 1.58. The van der Waals surface area contributed by atoms with E-state index >= 15 is 0 Å². The Balaban J connectivity index is 0.000000167. The summed E-state index contributed by atoms with van der Waals surface area (Å²) < 4.78 is 0. The van der Waals surface area contributed by atoms with E-state index in [2.05, 4.69) is 15.4 Å². The highest BCUT2D eigenvalue weighted by Crippen LogP contribution is 1.91. The summed E-state index contributed by atoms with van der Waals surface area (Å²) in [5.41, 5.74) is 0. The number of nitrogens with one attached hydrogen (secondary N) is 1. The molecule has 0 atom stereocenters. The Hall–Kier alpha value is -0.870. The second-order valence-corrected chi connectivity index (χ2v) is 2.27. The molecule has 11 heavy (non-hydrogen) atoms. The minimum absolute atomic E-state index is 0. The lowest BCUT2D eigenvalue weighted by Crippen LogP contribution is -1.61. The van der Waals surface area contributed by atoms with Crippen molar-refractivity contribution >= 4 is 23.7 Å². The third-order valence-corrected chi connectivity index (χ3v) is 1.39. The Labute approximate surface area is 74.9 Å². The molecule has 2 aromatic rings. The molecule has 0 amide bonds. The molecule has 0 radical (unpaired) electrons. The Bertz CT molecular complexity index is 157. The lowest BCUT2D eigenvalue weighted by molar-refractivity contribution is 0.940. The van der Waals surface area contributed by atoms with Gasteiger partial charge in [-0.1, -0.05) is 17.3 Å². The zero-order valence-corrected chi connectivity index (χ0v) is 7.31. The summed E-state index contributed by atoms with van der Waals surface area (Å²) in [6, 6.07) is 4.04. The van der Waals surface area contributed by atoms with Gasteiger partial charge in [-0.15, -0.1) is 17.5 Å². The van der Waals surface area contributed by atoms with Gasteiger partial charge in [0.1, 0.15) is 0 Å². The Kier molecular flexibility index (Phi) is 6.67. The van der Waals surface area contributed by atoms with Gasteiger partial charge < -0.3 is 0 Å². The topological polar surface area (TPSA) is 41.6 Å². The van der Waals surface area contributed by atoms with Gasteiger partial charge in [0, 0.05) is 6.20 Å². The van der Waals surface area contributed by atoms with E-state index in [9.17, 15) is 0 Å². The Morgan fingerprint density at radius 1 is 1.18 bits per heavy atom. The zero-order chi connectivity index (χ0) is 7.07. The Morgan fingerprint density at radius 2 is 1.91 bits per heavy atom. The van der Waals surface area contributed by atoms with Crippen molar-refractivity contribution in [2.24, 2.45) is 0 Å². The molecule has 0 aliphatic rings. The van der Waals surface area contributed by atoms with Crippen molar-refractivity contribution in [2.75, 3.05) is 0 Å². The molecule has 0 unspecified atom stereocenters. The van der Waals surface area contributed by atoms with Crippen molar-refractivity contribution in [2.45, 2.75) is 0 Å². The fraction of sp³-hybridized carbons (Fsp3) is 0. The molecule has 0 saturated heterocycles. The van der Waals surface area contributed by atoms with Crippen molar-refractivity contribution in [3.8, 4) is 0 Å². The van der Waals surface area contributed by atoms with Gasteiger partial charge in [-0.2, -0.15) is 11.3 Å². The third kappa shape index (κ3) is 5.57. The van der Waals surface area contributed by atoms with Crippen molar-refractivity contribution < 1.29 is 0 Å². The summed E-state index contributed by atoms with van der Waals surface area (Å²) >= 11 is 1.71. The maximum absolute atomic E-state index is 3.42. The van der Waals surface area contributed by atoms with Gasteiger partial charge in [0.15, 0.2) is 0 Å². The van der Waals surface area contributed by atoms with Gasteiger partial charge in [0.05, 0.1) is 6.20 Å². The molecule has 0 bridgehead atoms. The summed E-state index contributed by atoms with van der Waals surface area (Å²) in [6.45, 7) is 0. The van der Waals surface area contributed by atoms with Crippen LogP contribution in [0.15, 0.2) is 35.3 Å². The van der Waals surface area contributed by atoms with Crippen LogP contribution in [0.1, 0.15) is 0 Å². The smallest absolute Gasteiger partial charge is 0.0690 e. The predicted octanol–water partition coefficient (Wildman–Crippen LogP) is 1.97. The highest BCUT2D eigenvalue weighted by molar-refractivity contribution is 7.07. The van der Waals surface area contributed by atoms with E-state index in [4.69, 9.17) is 0 Å². The quantitative estimate of drug-likeness (QED) is 0.689. The molecule has 3 nitrogen and oxygen atoms in total. The molecule has 2 rings (SSSR count). The van der Waals surface area contributed by atoms with Crippen molar-refractivity contribution in [1.29, 1.82) is 0 Å². The maximum Gasteiger partial charge on any atom is 0.0690 e. The van der Waals surface area contributed by atoms with Crippen LogP contribution in [0.25, 0.3) is 0 Å². The first-order chi connectivity index (χ1) is 5.00. The summed E-state index contributed by atoms with van der Waals surface area (Å²) in [7, 11) is 0. The molecule has 5 heteroatoms. The molecule has 0 spiro atoms. The number of hydrogen-bond acceptors (Lipinski definition) is 3. The van der Waals surface area contributed by atoms with Gasteiger partial charge >= 0.3 is 0 Å². The van der Waals surface area contributed by atoms with Crippen LogP contribution in [-0.4, -0.2) is 15.4 Å². The van der Waals surface area contributed by atoms with E-state index in [0.717, 1.165) is 0 Å². The first kappa shape index (κ1) is 10.1. The van der Waals surface area contributed by atoms with Crippen LogP contribution in [0, 0.1) is 0 Å². The molecule has 0 aliphatic heterocycles. The number of H-pyrrole nitrogens is 1. The average Bonchev–Trinajstić information content (AvgIpc) is 2.67. The highest BCUT2D eigenvalue weighted by atomic mass is 35.5. The van der Waals surface area contributed by atoms with E-state index in [-0.39, 0.29) is 12.4 Å². The average molecular weight is 190 g/mol. The van der Waals surface area contributed by atoms with Crippen LogP contribution in [0.2, 0.25) is 0 Å². The first-order valence-electron chi connectivity index (χ1n) is 2.78. The molecule has 0 saturated carbocycles. The predicted molar refractivity (Wildman–Crippen MR) is 47.9 cm³/mol. The van der Waals surface area contributed by atoms with Crippen LogP contribution in [0.4, 0.5) is 0 Å². The van der Waals surface area contributed by atoms with E-state index in [0.29, 0.717) is 0 Å². The molecule has 0 fully saturated rings. The largest absolute Gasteiger partial charge is 0.266 e. The first-order valence-corrected chi connectivity index (χ1v) is 3.72. The van der Waals surface area contributed by atoms with Crippen molar-refractivity contribution in [3.63, 3.8) is 0 Å². The minimum Gasteiger partial charge on any atom is -0.266 e. The minimum atomic E-state index is 0. The number of rotatable bonds is 0. The number of aromatic amines is 1. The van der Waals surface area contributed by atoms with Crippen LogP contribution in [-0.2, 0) is 0 Å². The molecular formula is C6H8ClN3S. The molecule has 60 valence electrons. The summed E-state index contributed by atoms with van der Waals surface area (Å²) in [5, 5.41) is 13.3. The van der Waals surface area contributed by atoms with Crippen LogP contribution >= 0.6 is 23.7 Å². The van der Waals surface area contributed by atoms with E-state index < -0.39 is 0 Å².